The Bertz CT molecular complexity index is 1060. The van der Waals surface area contributed by atoms with Gasteiger partial charge in [-0.05, 0) is 43.2 Å². The first kappa shape index (κ1) is 21.4. The van der Waals surface area contributed by atoms with Crippen molar-refractivity contribution < 1.29 is 14.3 Å². The van der Waals surface area contributed by atoms with E-state index in [4.69, 9.17) is 21.1 Å². The summed E-state index contributed by atoms with van der Waals surface area (Å²) in [6.45, 7) is 4.09. The van der Waals surface area contributed by atoms with E-state index in [-0.39, 0.29) is 18.2 Å². The second-order valence-electron chi connectivity index (χ2n) is 7.92. The molecule has 31 heavy (non-hydrogen) atoms. The summed E-state index contributed by atoms with van der Waals surface area (Å²) in [5.41, 5.74) is 3.49. The molecule has 0 radical (unpaired) electrons. The Morgan fingerprint density at radius 2 is 1.74 bits per heavy atom. The van der Waals surface area contributed by atoms with Gasteiger partial charge < -0.3 is 20.1 Å². The number of amides is 2. The standard InChI is InChI=1S/C25H25ClN2O3/c1-25(2)30-16-22(23(31-25)17-9-4-3-5-10-17)28-24(29)27-21-14-7-6-13-20(21)18-11-8-12-19(26)15-18/h3-15,22-23H,16H2,1-2H3,(H2,27,28,29)/t22-,23-/m0/s1. The number of anilines is 1. The number of hydrogen-bond donors (Lipinski definition) is 2. The van der Waals surface area contributed by atoms with Crippen LogP contribution < -0.4 is 10.6 Å². The molecule has 2 amide bonds. The third-order valence-corrected chi connectivity index (χ3v) is 5.38. The number of carbonyl (C=O) groups excluding carboxylic acids is 1. The van der Waals surface area contributed by atoms with Crippen molar-refractivity contribution in [2.75, 3.05) is 11.9 Å². The van der Waals surface area contributed by atoms with Crippen LogP contribution in [-0.2, 0) is 9.47 Å². The molecule has 4 rings (SSSR count). The summed E-state index contributed by atoms with van der Waals surface area (Å²) in [5, 5.41) is 6.62. The monoisotopic (exact) mass is 436 g/mol. The lowest BCUT2D eigenvalue weighted by Gasteiger charge is -2.41. The highest BCUT2D eigenvalue weighted by molar-refractivity contribution is 6.30. The molecule has 0 spiro atoms. The number of rotatable bonds is 4. The van der Waals surface area contributed by atoms with Gasteiger partial charge in [-0.25, -0.2) is 4.79 Å². The van der Waals surface area contributed by atoms with Crippen molar-refractivity contribution in [2.45, 2.75) is 31.8 Å². The molecule has 1 fully saturated rings. The number of benzene rings is 3. The van der Waals surface area contributed by atoms with Gasteiger partial charge in [0.25, 0.3) is 0 Å². The predicted octanol–water partition coefficient (Wildman–Crippen LogP) is 6.02. The van der Waals surface area contributed by atoms with Crippen LogP contribution in [0.1, 0.15) is 25.5 Å². The van der Waals surface area contributed by atoms with Gasteiger partial charge >= 0.3 is 6.03 Å². The zero-order valence-corrected chi connectivity index (χ0v) is 18.2. The molecule has 160 valence electrons. The van der Waals surface area contributed by atoms with Crippen molar-refractivity contribution in [3.8, 4) is 11.1 Å². The van der Waals surface area contributed by atoms with E-state index in [1.807, 2.05) is 92.7 Å². The molecule has 0 unspecified atom stereocenters. The third kappa shape index (κ3) is 5.25. The summed E-state index contributed by atoms with van der Waals surface area (Å²) >= 11 is 6.15. The van der Waals surface area contributed by atoms with Crippen LogP contribution in [0.15, 0.2) is 78.9 Å². The van der Waals surface area contributed by atoms with E-state index >= 15 is 0 Å². The zero-order chi connectivity index (χ0) is 21.8. The van der Waals surface area contributed by atoms with Crippen LogP contribution in [0.25, 0.3) is 11.1 Å². The lowest BCUT2D eigenvalue weighted by atomic mass is 10.0. The summed E-state index contributed by atoms with van der Waals surface area (Å²) in [5.74, 6) is -0.728. The maximum absolute atomic E-state index is 12.9. The molecule has 1 heterocycles. The first-order valence-electron chi connectivity index (χ1n) is 10.2. The number of hydrogen-bond acceptors (Lipinski definition) is 3. The maximum Gasteiger partial charge on any atom is 0.319 e. The zero-order valence-electron chi connectivity index (χ0n) is 17.5. The average Bonchev–Trinajstić information content (AvgIpc) is 2.76. The normalized spacial score (nSPS) is 20.1. The summed E-state index contributed by atoms with van der Waals surface area (Å²) in [6.07, 6.45) is -0.320. The maximum atomic E-state index is 12.9. The lowest BCUT2D eigenvalue weighted by Crippen LogP contribution is -2.52. The van der Waals surface area contributed by atoms with Crippen molar-refractivity contribution in [3.05, 3.63) is 89.4 Å². The SMILES string of the molecule is CC1(C)OC[C@H](NC(=O)Nc2ccccc2-c2cccc(Cl)c2)[C@H](c2ccccc2)O1. The van der Waals surface area contributed by atoms with Gasteiger partial charge in [-0.1, -0.05) is 72.3 Å². The molecule has 5 nitrogen and oxygen atoms in total. The van der Waals surface area contributed by atoms with E-state index in [1.54, 1.807) is 0 Å². The minimum Gasteiger partial charge on any atom is -0.348 e. The van der Waals surface area contributed by atoms with Crippen LogP contribution in [0.3, 0.4) is 0 Å². The topological polar surface area (TPSA) is 59.6 Å². The summed E-state index contributed by atoms with van der Waals surface area (Å²) in [4.78, 5) is 12.9. The minimum atomic E-state index is -0.728. The molecule has 3 aromatic carbocycles. The average molecular weight is 437 g/mol. The number of nitrogens with one attached hydrogen (secondary N) is 2. The molecule has 0 aromatic heterocycles. The first-order chi connectivity index (χ1) is 14.9. The second kappa shape index (κ2) is 9.10. The first-order valence-corrected chi connectivity index (χ1v) is 10.6. The van der Waals surface area contributed by atoms with Crippen LogP contribution in [0.4, 0.5) is 10.5 Å². The van der Waals surface area contributed by atoms with Crippen LogP contribution >= 0.6 is 11.6 Å². The van der Waals surface area contributed by atoms with Gasteiger partial charge in [0, 0.05) is 10.6 Å². The molecular weight excluding hydrogens is 412 g/mol. The van der Waals surface area contributed by atoms with Crippen LogP contribution in [-0.4, -0.2) is 24.5 Å². The highest BCUT2D eigenvalue weighted by atomic mass is 35.5. The third-order valence-electron chi connectivity index (χ3n) is 5.14. The Hall–Kier alpha value is -2.86. The van der Waals surface area contributed by atoms with Crippen LogP contribution in [0.5, 0.6) is 0 Å². The van der Waals surface area contributed by atoms with E-state index in [0.717, 1.165) is 16.7 Å². The largest absolute Gasteiger partial charge is 0.348 e. The van der Waals surface area contributed by atoms with Crippen molar-refractivity contribution >= 4 is 23.3 Å². The Morgan fingerprint density at radius 1 is 1.00 bits per heavy atom. The number of carbonyl (C=O) groups is 1. The molecule has 3 aromatic rings. The number of ether oxygens (including phenoxy) is 2. The molecule has 6 heteroatoms. The Kier molecular flexibility index (Phi) is 6.28. The highest BCUT2D eigenvalue weighted by Gasteiger charge is 2.38. The van der Waals surface area contributed by atoms with Gasteiger partial charge in [-0.3, -0.25) is 0 Å². The second-order valence-corrected chi connectivity index (χ2v) is 8.36. The molecule has 0 saturated carbocycles. The van der Waals surface area contributed by atoms with Crippen molar-refractivity contribution in [1.82, 2.24) is 5.32 Å². The molecule has 1 saturated heterocycles. The fourth-order valence-electron chi connectivity index (χ4n) is 3.69. The van der Waals surface area contributed by atoms with E-state index in [9.17, 15) is 4.79 Å². The van der Waals surface area contributed by atoms with E-state index in [0.29, 0.717) is 17.3 Å². The Balaban J connectivity index is 1.52. The van der Waals surface area contributed by atoms with Gasteiger partial charge in [0.2, 0.25) is 0 Å². The van der Waals surface area contributed by atoms with E-state index < -0.39 is 5.79 Å². The summed E-state index contributed by atoms with van der Waals surface area (Å²) < 4.78 is 12.0. The molecule has 0 aliphatic carbocycles. The van der Waals surface area contributed by atoms with Gasteiger partial charge in [0.05, 0.1) is 18.3 Å². The fourth-order valence-corrected chi connectivity index (χ4v) is 3.88. The van der Waals surface area contributed by atoms with E-state index in [2.05, 4.69) is 10.6 Å². The Labute approximate surface area is 187 Å². The summed E-state index contributed by atoms with van der Waals surface area (Å²) in [6, 6.07) is 24.3. The van der Waals surface area contributed by atoms with Gasteiger partial charge in [0.1, 0.15) is 6.10 Å². The summed E-state index contributed by atoms with van der Waals surface area (Å²) in [7, 11) is 0. The van der Waals surface area contributed by atoms with Crippen LogP contribution in [0, 0.1) is 0 Å². The Morgan fingerprint density at radius 3 is 2.52 bits per heavy atom. The molecule has 0 bridgehead atoms. The quantitative estimate of drug-likeness (QED) is 0.525. The van der Waals surface area contributed by atoms with Crippen LogP contribution in [0.2, 0.25) is 5.02 Å². The van der Waals surface area contributed by atoms with Gasteiger partial charge in [-0.2, -0.15) is 0 Å². The number of halogens is 1. The highest BCUT2D eigenvalue weighted by Crippen LogP contribution is 2.33. The predicted molar refractivity (Wildman–Crippen MR) is 123 cm³/mol. The molecular formula is C25H25ClN2O3. The fraction of sp³-hybridized carbons (Fsp3) is 0.240. The van der Waals surface area contributed by atoms with E-state index in [1.165, 1.54) is 0 Å². The number of para-hydroxylation sites is 1. The van der Waals surface area contributed by atoms with Gasteiger partial charge in [-0.15, -0.1) is 0 Å². The molecule has 2 N–H and O–H groups in total. The van der Waals surface area contributed by atoms with Gasteiger partial charge in [0.15, 0.2) is 5.79 Å². The van der Waals surface area contributed by atoms with Crippen molar-refractivity contribution in [3.63, 3.8) is 0 Å². The number of urea groups is 1. The van der Waals surface area contributed by atoms with Crippen molar-refractivity contribution in [2.24, 2.45) is 0 Å². The smallest absolute Gasteiger partial charge is 0.319 e. The minimum absolute atomic E-state index is 0.320. The van der Waals surface area contributed by atoms with Crippen molar-refractivity contribution in [1.29, 1.82) is 0 Å². The molecule has 1 aliphatic rings. The molecule has 1 aliphatic heterocycles. The molecule has 2 atom stereocenters. The lowest BCUT2D eigenvalue weighted by molar-refractivity contribution is -0.284.